The summed E-state index contributed by atoms with van der Waals surface area (Å²) >= 11 is 0. The summed E-state index contributed by atoms with van der Waals surface area (Å²) in [6.45, 7) is 3.02. The van der Waals surface area contributed by atoms with Gasteiger partial charge in [-0.1, -0.05) is 42.5 Å². The highest BCUT2D eigenvalue weighted by atomic mass is 19.1. The monoisotopic (exact) mass is 352 g/mol. The molecule has 1 heterocycles. The van der Waals surface area contributed by atoms with Crippen LogP contribution >= 0.6 is 0 Å². The summed E-state index contributed by atoms with van der Waals surface area (Å²) in [5.74, 6) is 0.259. The zero-order chi connectivity index (χ0) is 17.9. The highest BCUT2D eigenvalue weighted by molar-refractivity contribution is 5.83. The van der Waals surface area contributed by atoms with Gasteiger partial charge >= 0.3 is 0 Å². The Hall–Kier alpha value is -2.20. The zero-order valence-corrected chi connectivity index (χ0v) is 14.9. The fraction of sp³-hybridized carbons (Fsp3) is 0.409. The van der Waals surface area contributed by atoms with Gasteiger partial charge in [0.15, 0.2) is 0 Å². The van der Waals surface area contributed by atoms with Gasteiger partial charge in [0.1, 0.15) is 5.82 Å². The van der Waals surface area contributed by atoms with Gasteiger partial charge in [-0.05, 0) is 48.4 Å². The van der Waals surface area contributed by atoms with Gasteiger partial charge < -0.3 is 5.32 Å². The summed E-state index contributed by atoms with van der Waals surface area (Å²) in [5, 5.41) is 3.24. The molecule has 2 aromatic rings. The van der Waals surface area contributed by atoms with Crippen molar-refractivity contribution in [1.29, 1.82) is 0 Å². The number of nitrogens with one attached hydrogen (secondary N) is 1. The van der Waals surface area contributed by atoms with E-state index >= 15 is 0 Å². The normalized spacial score (nSPS) is 23.6. The fourth-order valence-corrected chi connectivity index (χ4v) is 3.95. The first-order valence-corrected chi connectivity index (χ1v) is 9.51. The second-order valence-corrected chi connectivity index (χ2v) is 7.54. The van der Waals surface area contributed by atoms with Crippen molar-refractivity contribution >= 4 is 5.91 Å². The number of rotatable bonds is 5. The molecule has 1 saturated carbocycles. The number of hydrogen-bond donors (Lipinski definition) is 1. The summed E-state index contributed by atoms with van der Waals surface area (Å²) in [5.41, 5.74) is 2.42. The molecule has 26 heavy (non-hydrogen) atoms. The maximum atomic E-state index is 13.0. The van der Waals surface area contributed by atoms with Gasteiger partial charge in [-0.2, -0.15) is 0 Å². The summed E-state index contributed by atoms with van der Waals surface area (Å²) in [7, 11) is 0. The molecule has 1 amide bonds. The topological polar surface area (TPSA) is 32.3 Å². The number of carbonyl (C=O) groups is 1. The molecule has 3 nitrogen and oxygen atoms in total. The lowest BCUT2D eigenvalue weighted by atomic mass is 10.0. The lowest BCUT2D eigenvalue weighted by Crippen LogP contribution is -2.44. The number of carbonyl (C=O) groups excluding carboxylic acids is 1. The van der Waals surface area contributed by atoms with E-state index in [-0.39, 0.29) is 29.6 Å². The number of piperidine rings is 1. The van der Waals surface area contributed by atoms with Crippen LogP contribution in [0, 0.1) is 11.7 Å². The first kappa shape index (κ1) is 17.2. The van der Waals surface area contributed by atoms with E-state index in [9.17, 15) is 9.18 Å². The Morgan fingerprint density at radius 3 is 2.42 bits per heavy atom. The standard InChI is InChI=1S/C22H25FN2O/c23-18-8-6-17(7-9-18)20-14-21(20)22(26)24-19-10-12-25(13-11-19)15-16-4-2-1-3-5-16/h1-9,19-21H,10-15H2,(H,24,26). The summed E-state index contributed by atoms with van der Waals surface area (Å²) in [6, 6.07) is 17.4. The quantitative estimate of drug-likeness (QED) is 0.890. The maximum Gasteiger partial charge on any atom is 0.223 e. The van der Waals surface area contributed by atoms with Gasteiger partial charge in [0.2, 0.25) is 5.91 Å². The van der Waals surface area contributed by atoms with Crippen molar-refractivity contribution in [2.24, 2.45) is 5.92 Å². The molecular weight excluding hydrogens is 327 g/mol. The molecule has 136 valence electrons. The van der Waals surface area contributed by atoms with E-state index in [0.29, 0.717) is 0 Å². The summed E-state index contributed by atoms with van der Waals surface area (Å²) in [6.07, 6.45) is 2.89. The minimum absolute atomic E-state index is 0.0582. The third-order valence-corrected chi connectivity index (χ3v) is 5.61. The van der Waals surface area contributed by atoms with E-state index in [1.807, 2.05) is 6.07 Å². The van der Waals surface area contributed by atoms with Crippen LogP contribution in [0.2, 0.25) is 0 Å². The third kappa shape index (κ3) is 4.13. The Morgan fingerprint density at radius 1 is 1.04 bits per heavy atom. The van der Waals surface area contributed by atoms with Crippen molar-refractivity contribution in [2.75, 3.05) is 13.1 Å². The minimum atomic E-state index is -0.224. The van der Waals surface area contributed by atoms with E-state index in [2.05, 4.69) is 34.5 Å². The lowest BCUT2D eigenvalue weighted by molar-refractivity contribution is -0.123. The van der Waals surface area contributed by atoms with Crippen molar-refractivity contribution in [3.05, 3.63) is 71.5 Å². The molecule has 1 aliphatic heterocycles. The van der Waals surface area contributed by atoms with Crippen molar-refractivity contribution in [3.63, 3.8) is 0 Å². The minimum Gasteiger partial charge on any atom is -0.353 e. The van der Waals surface area contributed by atoms with Crippen LogP contribution in [-0.4, -0.2) is 29.9 Å². The highest BCUT2D eigenvalue weighted by Crippen LogP contribution is 2.47. The summed E-state index contributed by atoms with van der Waals surface area (Å²) in [4.78, 5) is 15.0. The van der Waals surface area contributed by atoms with Crippen LogP contribution in [0.15, 0.2) is 54.6 Å². The van der Waals surface area contributed by atoms with E-state index in [1.54, 1.807) is 12.1 Å². The Balaban J connectivity index is 1.22. The molecule has 1 aliphatic carbocycles. The smallest absolute Gasteiger partial charge is 0.223 e. The van der Waals surface area contributed by atoms with Gasteiger partial charge in [-0.15, -0.1) is 0 Å². The molecule has 0 radical (unpaired) electrons. The van der Waals surface area contributed by atoms with Crippen LogP contribution in [0.1, 0.15) is 36.3 Å². The molecule has 0 bridgehead atoms. The number of amides is 1. The SMILES string of the molecule is O=C(NC1CCN(Cc2ccccc2)CC1)C1CC1c1ccc(F)cc1. The van der Waals surface area contributed by atoms with Crippen LogP contribution in [0.5, 0.6) is 0 Å². The number of benzene rings is 2. The predicted molar refractivity (Wildman–Crippen MR) is 100 cm³/mol. The van der Waals surface area contributed by atoms with Gasteiger partial charge in [0.25, 0.3) is 0 Å². The first-order chi connectivity index (χ1) is 12.7. The molecule has 4 rings (SSSR count). The molecule has 0 spiro atoms. The maximum absolute atomic E-state index is 13.0. The van der Waals surface area contributed by atoms with Crippen LogP contribution in [0.4, 0.5) is 4.39 Å². The molecular formula is C22H25FN2O. The Morgan fingerprint density at radius 2 is 1.73 bits per heavy atom. The van der Waals surface area contributed by atoms with E-state index in [1.165, 1.54) is 17.7 Å². The second-order valence-electron chi connectivity index (χ2n) is 7.54. The number of nitrogens with zero attached hydrogens (tertiary/aromatic N) is 1. The van der Waals surface area contributed by atoms with Gasteiger partial charge in [-0.3, -0.25) is 9.69 Å². The first-order valence-electron chi connectivity index (χ1n) is 9.51. The predicted octanol–water partition coefficient (Wildman–Crippen LogP) is 3.71. The van der Waals surface area contributed by atoms with Gasteiger partial charge in [0.05, 0.1) is 0 Å². The van der Waals surface area contributed by atoms with Gasteiger partial charge in [-0.25, -0.2) is 4.39 Å². The third-order valence-electron chi connectivity index (χ3n) is 5.61. The Labute approximate surface area is 154 Å². The summed E-state index contributed by atoms with van der Waals surface area (Å²) < 4.78 is 13.0. The lowest BCUT2D eigenvalue weighted by Gasteiger charge is -2.32. The van der Waals surface area contributed by atoms with Crippen molar-refractivity contribution in [3.8, 4) is 0 Å². The van der Waals surface area contributed by atoms with Crippen molar-refractivity contribution in [1.82, 2.24) is 10.2 Å². The van der Waals surface area contributed by atoms with Crippen LogP contribution in [0.25, 0.3) is 0 Å². The molecule has 2 aliphatic rings. The number of likely N-dealkylation sites (tertiary alicyclic amines) is 1. The largest absolute Gasteiger partial charge is 0.353 e. The van der Waals surface area contributed by atoms with Crippen molar-refractivity contribution < 1.29 is 9.18 Å². The molecule has 2 fully saturated rings. The zero-order valence-electron chi connectivity index (χ0n) is 14.9. The van der Waals surface area contributed by atoms with E-state index in [0.717, 1.165) is 44.5 Å². The molecule has 2 aromatic carbocycles. The number of hydrogen-bond acceptors (Lipinski definition) is 2. The van der Waals surface area contributed by atoms with E-state index in [4.69, 9.17) is 0 Å². The molecule has 0 aromatic heterocycles. The number of halogens is 1. The van der Waals surface area contributed by atoms with Crippen molar-refractivity contribution in [2.45, 2.75) is 37.8 Å². The average Bonchev–Trinajstić information content (AvgIpc) is 3.46. The van der Waals surface area contributed by atoms with Crippen LogP contribution in [-0.2, 0) is 11.3 Å². The molecule has 1 N–H and O–H groups in total. The molecule has 2 atom stereocenters. The van der Waals surface area contributed by atoms with Gasteiger partial charge in [0, 0.05) is 31.6 Å². The molecule has 1 saturated heterocycles. The fourth-order valence-electron chi connectivity index (χ4n) is 3.95. The second kappa shape index (κ2) is 7.58. The van der Waals surface area contributed by atoms with Crippen LogP contribution < -0.4 is 5.32 Å². The Bertz CT molecular complexity index is 738. The molecule has 2 unspecified atom stereocenters. The highest BCUT2D eigenvalue weighted by Gasteiger charge is 2.44. The average molecular weight is 352 g/mol. The Kier molecular flexibility index (Phi) is 5.02. The molecule has 4 heteroatoms. The van der Waals surface area contributed by atoms with E-state index < -0.39 is 0 Å². The van der Waals surface area contributed by atoms with Crippen LogP contribution in [0.3, 0.4) is 0 Å².